The lowest BCUT2D eigenvalue weighted by Gasteiger charge is -2.34. The number of benzene rings is 1. The highest BCUT2D eigenvalue weighted by Crippen LogP contribution is 2.30. The minimum atomic E-state index is -0.608. The fraction of sp³-hybridized carbons (Fsp3) is 0.550. The second-order valence-electron chi connectivity index (χ2n) is 8.01. The van der Waals surface area contributed by atoms with E-state index in [0.717, 1.165) is 5.56 Å². The van der Waals surface area contributed by atoms with Crippen LogP contribution in [0.1, 0.15) is 32.8 Å². The Labute approximate surface area is 159 Å². The molecule has 1 aromatic rings. The van der Waals surface area contributed by atoms with Crippen molar-refractivity contribution in [2.75, 3.05) is 19.6 Å². The molecule has 3 rings (SSSR count). The molecule has 27 heavy (non-hydrogen) atoms. The molecule has 7 heteroatoms. The lowest BCUT2D eigenvalue weighted by Crippen LogP contribution is -2.51. The van der Waals surface area contributed by atoms with E-state index in [2.05, 4.69) is 0 Å². The number of amides is 2. The van der Waals surface area contributed by atoms with E-state index in [1.165, 1.54) is 4.90 Å². The molecule has 0 N–H and O–H groups in total. The van der Waals surface area contributed by atoms with Gasteiger partial charge < -0.3 is 19.3 Å². The van der Waals surface area contributed by atoms with E-state index in [1.54, 1.807) is 25.7 Å². The predicted octanol–water partition coefficient (Wildman–Crippen LogP) is 2.83. The molecule has 2 atom stereocenters. The van der Waals surface area contributed by atoms with Crippen molar-refractivity contribution < 1.29 is 23.9 Å². The van der Waals surface area contributed by atoms with Crippen LogP contribution in [0.5, 0.6) is 0 Å². The molecule has 0 aliphatic carbocycles. The Balaban J connectivity index is 1.64. The molecule has 7 nitrogen and oxygen atoms in total. The van der Waals surface area contributed by atoms with Gasteiger partial charge in [0, 0.05) is 26.1 Å². The number of likely N-dealkylation sites (tertiary alicyclic amines) is 2. The number of fused-ring (bicyclic) bond motifs is 1. The minimum Gasteiger partial charge on any atom is -0.445 e. The van der Waals surface area contributed by atoms with Gasteiger partial charge in [0.2, 0.25) is 0 Å². The zero-order valence-electron chi connectivity index (χ0n) is 16.0. The third kappa shape index (κ3) is 4.59. The summed E-state index contributed by atoms with van der Waals surface area (Å²) in [6.07, 6.45) is -0.626. The molecule has 1 aromatic carbocycles. The zero-order chi connectivity index (χ0) is 19.6. The Kier molecular flexibility index (Phi) is 5.39. The van der Waals surface area contributed by atoms with E-state index in [1.807, 2.05) is 30.3 Å². The van der Waals surface area contributed by atoms with Crippen molar-refractivity contribution in [1.82, 2.24) is 9.80 Å². The summed E-state index contributed by atoms with van der Waals surface area (Å²) in [7, 11) is 0. The average Bonchev–Trinajstić information content (AvgIpc) is 3.06. The lowest BCUT2D eigenvalue weighted by molar-refractivity contribution is -0.126. The molecule has 2 amide bonds. The number of ketones is 1. The van der Waals surface area contributed by atoms with Crippen LogP contribution in [0.4, 0.5) is 9.59 Å². The minimum absolute atomic E-state index is 0.0816. The first-order valence-corrected chi connectivity index (χ1v) is 9.22. The number of nitrogens with zero attached hydrogens (tertiary/aromatic N) is 2. The summed E-state index contributed by atoms with van der Waals surface area (Å²) in [5.74, 6) is -0.297. The van der Waals surface area contributed by atoms with E-state index in [4.69, 9.17) is 9.47 Å². The molecule has 2 saturated heterocycles. The summed E-state index contributed by atoms with van der Waals surface area (Å²) in [5.41, 5.74) is 0.292. The van der Waals surface area contributed by atoms with Crippen LogP contribution in [-0.2, 0) is 20.9 Å². The molecule has 0 aromatic heterocycles. The van der Waals surface area contributed by atoms with Gasteiger partial charge in [-0.1, -0.05) is 30.3 Å². The Hall–Kier alpha value is -2.57. The number of hydrogen-bond acceptors (Lipinski definition) is 5. The molecule has 0 spiro atoms. The highest BCUT2D eigenvalue weighted by Gasteiger charge is 2.47. The third-order valence-corrected chi connectivity index (χ3v) is 4.79. The maximum Gasteiger partial charge on any atom is 0.410 e. The van der Waals surface area contributed by atoms with Gasteiger partial charge in [-0.15, -0.1) is 0 Å². The Morgan fingerprint density at radius 1 is 1.11 bits per heavy atom. The summed E-state index contributed by atoms with van der Waals surface area (Å²) < 4.78 is 10.8. The van der Waals surface area contributed by atoms with Crippen LogP contribution in [0.25, 0.3) is 0 Å². The monoisotopic (exact) mass is 374 g/mol. The topological polar surface area (TPSA) is 76.2 Å². The average molecular weight is 374 g/mol. The van der Waals surface area contributed by atoms with Gasteiger partial charge in [0.15, 0.2) is 0 Å². The largest absolute Gasteiger partial charge is 0.445 e. The second kappa shape index (κ2) is 7.58. The van der Waals surface area contributed by atoms with Gasteiger partial charge in [-0.25, -0.2) is 9.59 Å². The van der Waals surface area contributed by atoms with Gasteiger partial charge in [-0.05, 0) is 26.3 Å². The van der Waals surface area contributed by atoms with Crippen molar-refractivity contribution >= 4 is 18.0 Å². The first-order valence-electron chi connectivity index (χ1n) is 9.22. The summed E-state index contributed by atoms with van der Waals surface area (Å²) in [6.45, 7) is 6.45. The first kappa shape index (κ1) is 19.2. The Bertz CT molecular complexity index is 713. The zero-order valence-corrected chi connectivity index (χ0v) is 16.0. The van der Waals surface area contributed by atoms with Gasteiger partial charge in [-0.3, -0.25) is 4.79 Å². The van der Waals surface area contributed by atoms with E-state index < -0.39 is 17.8 Å². The third-order valence-electron chi connectivity index (χ3n) is 4.79. The first-order chi connectivity index (χ1) is 12.7. The van der Waals surface area contributed by atoms with Gasteiger partial charge in [0.25, 0.3) is 0 Å². The van der Waals surface area contributed by atoms with Crippen LogP contribution in [0.2, 0.25) is 0 Å². The molecule has 2 aliphatic rings. The number of ether oxygens (including phenoxy) is 2. The number of hydrogen-bond donors (Lipinski definition) is 0. The van der Waals surface area contributed by atoms with E-state index in [9.17, 15) is 14.4 Å². The van der Waals surface area contributed by atoms with Gasteiger partial charge in [0.05, 0.1) is 12.0 Å². The van der Waals surface area contributed by atoms with Crippen molar-refractivity contribution in [3.8, 4) is 0 Å². The summed E-state index contributed by atoms with van der Waals surface area (Å²) in [6, 6.07) is 9.08. The molecule has 2 aliphatic heterocycles. The van der Waals surface area contributed by atoms with Crippen molar-refractivity contribution in [2.24, 2.45) is 5.92 Å². The fourth-order valence-corrected chi connectivity index (χ4v) is 3.51. The Morgan fingerprint density at radius 2 is 1.81 bits per heavy atom. The van der Waals surface area contributed by atoms with Crippen molar-refractivity contribution in [2.45, 2.75) is 45.4 Å². The number of Topliss-reactive ketones (excluding diaryl/α,β-unsaturated/α-hetero) is 1. The highest BCUT2D eigenvalue weighted by molar-refractivity contribution is 5.86. The SMILES string of the molecule is CC(C)(C)OC(=O)N1C[C@H]2C(=O)CCN(C(=O)OCc3ccccc3)[C@H]2C1. The molecular weight excluding hydrogens is 348 g/mol. The van der Waals surface area contributed by atoms with Gasteiger partial charge in [-0.2, -0.15) is 0 Å². The van der Waals surface area contributed by atoms with Gasteiger partial charge >= 0.3 is 12.2 Å². The van der Waals surface area contributed by atoms with Crippen molar-refractivity contribution in [3.05, 3.63) is 35.9 Å². The van der Waals surface area contributed by atoms with Crippen molar-refractivity contribution in [3.63, 3.8) is 0 Å². The number of carbonyl (C=O) groups is 3. The molecule has 0 radical (unpaired) electrons. The second-order valence-corrected chi connectivity index (χ2v) is 8.01. The molecule has 2 heterocycles. The fourth-order valence-electron chi connectivity index (χ4n) is 3.51. The molecule has 0 unspecified atom stereocenters. The van der Waals surface area contributed by atoms with E-state index in [-0.39, 0.29) is 43.9 Å². The van der Waals surface area contributed by atoms with Crippen molar-refractivity contribution in [1.29, 1.82) is 0 Å². The predicted molar refractivity (Wildman–Crippen MR) is 98.0 cm³/mol. The van der Waals surface area contributed by atoms with Crippen LogP contribution in [-0.4, -0.2) is 59.0 Å². The highest BCUT2D eigenvalue weighted by atomic mass is 16.6. The number of carbonyl (C=O) groups excluding carboxylic acids is 3. The molecular formula is C20H26N2O5. The van der Waals surface area contributed by atoms with Crippen LogP contribution >= 0.6 is 0 Å². The molecule has 146 valence electrons. The number of rotatable bonds is 2. The van der Waals surface area contributed by atoms with Crippen LogP contribution in [0.15, 0.2) is 30.3 Å². The summed E-state index contributed by atoms with van der Waals surface area (Å²) in [5, 5.41) is 0. The van der Waals surface area contributed by atoms with E-state index in [0.29, 0.717) is 6.54 Å². The van der Waals surface area contributed by atoms with Crippen LogP contribution in [0, 0.1) is 5.92 Å². The summed E-state index contributed by atoms with van der Waals surface area (Å²) in [4.78, 5) is 40.4. The molecule has 0 bridgehead atoms. The molecule has 2 fully saturated rings. The quantitative estimate of drug-likeness (QED) is 0.796. The molecule has 0 saturated carbocycles. The maximum atomic E-state index is 12.6. The maximum absolute atomic E-state index is 12.6. The van der Waals surface area contributed by atoms with Crippen LogP contribution < -0.4 is 0 Å². The Morgan fingerprint density at radius 3 is 2.48 bits per heavy atom. The number of piperidine rings is 1. The lowest BCUT2D eigenvalue weighted by atomic mass is 9.91. The standard InChI is InChI=1S/C20H26N2O5/c1-20(2,3)27-18(24)21-11-15-16(12-21)22(10-9-17(15)23)19(25)26-13-14-7-5-4-6-8-14/h4-8,15-16H,9-13H2,1-3H3/t15-,16+/m1/s1. The van der Waals surface area contributed by atoms with Gasteiger partial charge in [0.1, 0.15) is 18.0 Å². The normalized spacial score (nSPS) is 22.4. The van der Waals surface area contributed by atoms with Crippen LogP contribution in [0.3, 0.4) is 0 Å². The summed E-state index contributed by atoms with van der Waals surface area (Å²) >= 11 is 0. The van der Waals surface area contributed by atoms with E-state index >= 15 is 0 Å². The smallest absolute Gasteiger partial charge is 0.410 e.